The molecule has 3 aromatic rings. The maximum Gasteiger partial charge on any atom is 0.416 e. The summed E-state index contributed by atoms with van der Waals surface area (Å²) in [6, 6.07) is 9.02. The van der Waals surface area contributed by atoms with E-state index < -0.39 is 11.7 Å². The van der Waals surface area contributed by atoms with Crippen LogP contribution in [-0.4, -0.2) is 67.3 Å². The van der Waals surface area contributed by atoms with Crippen LogP contribution in [0.5, 0.6) is 17.2 Å². The number of rotatable bonds is 8. The number of aromatic amines is 1. The van der Waals surface area contributed by atoms with Gasteiger partial charge < -0.3 is 19.2 Å². The normalized spacial score (nSPS) is 15.2. The first-order valence-electron chi connectivity index (χ1n) is 11.7. The summed E-state index contributed by atoms with van der Waals surface area (Å²) in [6.07, 6.45) is -4.35. The molecule has 10 heteroatoms. The second-order valence-corrected chi connectivity index (χ2v) is 8.82. The molecule has 1 N–H and O–H groups in total. The van der Waals surface area contributed by atoms with Crippen LogP contribution in [0.25, 0.3) is 11.4 Å². The van der Waals surface area contributed by atoms with Gasteiger partial charge in [0, 0.05) is 50.5 Å². The van der Waals surface area contributed by atoms with E-state index in [1.54, 1.807) is 21.3 Å². The summed E-state index contributed by atoms with van der Waals surface area (Å²) in [6.45, 7) is 6.94. The van der Waals surface area contributed by atoms with Gasteiger partial charge in [0.25, 0.3) is 0 Å². The molecule has 1 aromatic heterocycles. The third-order valence-electron chi connectivity index (χ3n) is 6.44. The summed E-state index contributed by atoms with van der Waals surface area (Å²) in [5.41, 5.74) is 2.88. The van der Waals surface area contributed by atoms with Gasteiger partial charge in [0.05, 0.1) is 32.6 Å². The zero-order chi connectivity index (χ0) is 25.9. The molecular weight excluding hydrogens is 473 g/mol. The average molecular weight is 505 g/mol. The number of benzene rings is 2. The van der Waals surface area contributed by atoms with Crippen LogP contribution >= 0.6 is 0 Å². The molecule has 1 aliphatic heterocycles. The molecule has 1 saturated heterocycles. The Labute approximate surface area is 208 Å². The highest BCUT2D eigenvalue weighted by Gasteiger charge is 2.30. The molecule has 0 bridgehead atoms. The highest BCUT2D eigenvalue weighted by Crippen LogP contribution is 2.38. The quantitative estimate of drug-likeness (QED) is 0.478. The second-order valence-electron chi connectivity index (χ2n) is 8.82. The van der Waals surface area contributed by atoms with Crippen molar-refractivity contribution in [2.45, 2.75) is 26.2 Å². The zero-order valence-corrected chi connectivity index (χ0v) is 20.9. The molecule has 36 heavy (non-hydrogen) atoms. The topological polar surface area (TPSA) is 62.9 Å². The Morgan fingerprint density at radius 2 is 1.42 bits per heavy atom. The summed E-state index contributed by atoms with van der Waals surface area (Å²) in [7, 11) is 4.81. The minimum Gasteiger partial charge on any atom is -0.493 e. The van der Waals surface area contributed by atoms with Crippen LogP contribution in [0.1, 0.15) is 22.5 Å². The van der Waals surface area contributed by atoms with Crippen molar-refractivity contribution in [2.75, 3.05) is 47.5 Å². The first kappa shape index (κ1) is 25.8. The largest absolute Gasteiger partial charge is 0.493 e. The highest BCUT2D eigenvalue weighted by atomic mass is 19.4. The van der Waals surface area contributed by atoms with Gasteiger partial charge in [-0.2, -0.15) is 13.2 Å². The molecule has 2 heterocycles. The van der Waals surface area contributed by atoms with Crippen LogP contribution in [0.15, 0.2) is 36.4 Å². The molecule has 4 rings (SSSR count). The van der Waals surface area contributed by atoms with Gasteiger partial charge in [-0.05, 0) is 36.8 Å². The number of methoxy groups -OCH3 is 3. The number of aryl methyl sites for hydroxylation is 1. The van der Waals surface area contributed by atoms with Gasteiger partial charge in [0.2, 0.25) is 5.75 Å². The first-order chi connectivity index (χ1) is 17.2. The number of H-pyrrole nitrogens is 1. The van der Waals surface area contributed by atoms with E-state index in [-0.39, 0.29) is 0 Å². The molecule has 0 amide bonds. The molecule has 1 aliphatic rings. The third kappa shape index (κ3) is 5.76. The van der Waals surface area contributed by atoms with Crippen molar-refractivity contribution in [1.29, 1.82) is 0 Å². The number of hydrogen-bond acceptors (Lipinski definition) is 6. The molecule has 194 valence electrons. The SMILES string of the molecule is COc1cc(CN2CCN(Cc3nc(-c4ccc(C(F)(F)F)cc4)[nH]c3C)CC2)cc(OC)c1OC. The lowest BCUT2D eigenvalue weighted by Crippen LogP contribution is -2.45. The van der Waals surface area contributed by atoms with Gasteiger partial charge in [-0.15, -0.1) is 0 Å². The molecule has 1 fully saturated rings. The van der Waals surface area contributed by atoms with Crippen LogP contribution in [0.4, 0.5) is 13.2 Å². The van der Waals surface area contributed by atoms with Crippen molar-refractivity contribution in [1.82, 2.24) is 19.8 Å². The van der Waals surface area contributed by atoms with Crippen molar-refractivity contribution >= 4 is 0 Å². The lowest BCUT2D eigenvalue weighted by Gasteiger charge is -2.34. The Kier molecular flexibility index (Phi) is 7.75. The first-order valence-corrected chi connectivity index (χ1v) is 11.7. The van der Waals surface area contributed by atoms with Gasteiger partial charge in [0.15, 0.2) is 11.5 Å². The fraction of sp³-hybridized carbons (Fsp3) is 0.423. The molecule has 0 spiro atoms. The lowest BCUT2D eigenvalue weighted by atomic mass is 10.1. The van der Waals surface area contributed by atoms with Crippen molar-refractivity contribution < 1.29 is 27.4 Å². The van der Waals surface area contributed by atoms with E-state index in [0.29, 0.717) is 35.2 Å². The van der Waals surface area contributed by atoms with Crippen molar-refractivity contribution in [3.8, 4) is 28.6 Å². The molecule has 0 aliphatic carbocycles. The van der Waals surface area contributed by atoms with E-state index in [1.165, 1.54) is 12.1 Å². The molecule has 7 nitrogen and oxygen atoms in total. The minimum atomic E-state index is -4.35. The molecule has 0 radical (unpaired) electrons. The van der Waals surface area contributed by atoms with Crippen LogP contribution in [0.3, 0.4) is 0 Å². The lowest BCUT2D eigenvalue weighted by molar-refractivity contribution is -0.137. The summed E-state index contributed by atoms with van der Waals surface area (Å²) >= 11 is 0. The van der Waals surface area contributed by atoms with Gasteiger partial charge in [0.1, 0.15) is 5.82 Å². The van der Waals surface area contributed by atoms with E-state index in [2.05, 4.69) is 19.8 Å². The Morgan fingerprint density at radius 1 is 0.861 bits per heavy atom. The standard InChI is InChI=1S/C26H31F3N4O3/c1-17-21(31-25(30-17)19-5-7-20(8-6-19)26(27,28)29)16-33-11-9-32(10-12-33)15-18-13-22(34-2)24(36-4)23(14-18)35-3/h5-8,13-14H,9-12,15-16H2,1-4H3,(H,30,31). The van der Waals surface area contributed by atoms with Crippen LogP contribution < -0.4 is 14.2 Å². The van der Waals surface area contributed by atoms with Crippen LogP contribution in [0.2, 0.25) is 0 Å². The van der Waals surface area contributed by atoms with E-state index in [9.17, 15) is 13.2 Å². The molecular formula is C26H31F3N4O3. The fourth-order valence-corrected chi connectivity index (χ4v) is 4.41. The monoisotopic (exact) mass is 504 g/mol. The van der Waals surface area contributed by atoms with Crippen LogP contribution in [-0.2, 0) is 19.3 Å². The zero-order valence-electron chi connectivity index (χ0n) is 20.9. The Balaban J connectivity index is 1.36. The number of halogens is 3. The van der Waals surface area contributed by atoms with E-state index in [4.69, 9.17) is 14.2 Å². The Hall–Kier alpha value is -3.24. The maximum atomic E-state index is 12.9. The minimum absolute atomic E-state index is 0.581. The molecule has 2 aromatic carbocycles. The van der Waals surface area contributed by atoms with E-state index >= 15 is 0 Å². The molecule has 0 atom stereocenters. The Morgan fingerprint density at radius 3 is 1.92 bits per heavy atom. The van der Waals surface area contributed by atoms with Crippen molar-refractivity contribution in [3.63, 3.8) is 0 Å². The predicted octanol–water partition coefficient (Wildman–Crippen LogP) is 4.75. The van der Waals surface area contributed by atoms with Gasteiger partial charge in [-0.25, -0.2) is 4.98 Å². The summed E-state index contributed by atoms with van der Waals surface area (Å²) < 4.78 is 54.9. The van der Waals surface area contributed by atoms with Gasteiger partial charge in [-0.1, -0.05) is 12.1 Å². The molecule has 0 unspecified atom stereocenters. The smallest absolute Gasteiger partial charge is 0.416 e. The van der Waals surface area contributed by atoms with Crippen molar-refractivity contribution in [3.05, 3.63) is 58.9 Å². The third-order valence-corrected chi connectivity index (χ3v) is 6.44. The number of piperazine rings is 1. The number of alkyl halides is 3. The number of nitrogens with zero attached hydrogens (tertiary/aromatic N) is 3. The number of ether oxygens (including phenoxy) is 3. The summed E-state index contributed by atoms with van der Waals surface area (Å²) in [5.74, 6) is 2.45. The molecule has 0 saturated carbocycles. The Bertz CT molecular complexity index is 1150. The maximum absolute atomic E-state index is 12.9. The second kappa shape index (κ2) is 10.8. The fourth-order valence-electron chi connectivity index (χ4n) is 4.41. The number of aromatic nitrogens is 2. The van der Waals surface area contributed by atoms with Gasteiger partial charge >= 0.3 is 6.18 Å². The number of nitrogens with one attached hydrogen (secondary N) is 1. The van der Waals surface area contributed by atoms with E-state index in [0.717, 1.165) is 61.8 Å². The van der Waals surface area contributed by atoms with Crippen LogP contribution in [0, 0.1) is 6.92 Å². The number of imidazole rings is 1. The highest BCUT2D eigenvalue weighted by molar-refractivity contribution is 5.57. The predicted molar refractivity (Wildman–Crippen MR) is 130 cm³/mol. The van der Waals surface area contributed by atoms with E-state index in [1.807, 2.05) is 19.1 Å². The van der Waals surface area contributed by atoms with Gasteiger partial charge in [-0.3, -0.25) is 9.80 Å². The summed E-state index contributed by atoms with van der Waals surface area (Å²) in [4.78, 5) is 12.6. The summed E-state index contributed by atoms with van der Waals surface area (Å²) in [5, 5.41) is 0. The van der Waals surface area contributed by atoms with Crippen molar-refractivity contribution in [2.24, 2.45) is 0 Å². The number of hydrogen-bond donors (Lipinski definition) is 1. The average Bonchev–Trinajstić information content (AvgIpc) is 3.24.